The van der Waals surface area contributed by atoms with E-state index in [0.717, 1.165) is 22.6 Å². The van der Waals surface area contributed by atoms with Gasteiger partial charge in [-0.25, -0.2) is 4.98 Å². The average molecular weight is 401 g/mol. The molecule has 146 valence electrons. The highest BCUT2D eigenvalue weighted by molar-refractivity contribution is 6.31. The van der Waals surface area contributed by atoms with Crippen LogP contribution >= 0.6 is 11.6 Å². The molecule has 1 aromatic heterocycles. The molecule has 0 unspecified atom stereocenters. The normalized spacial score (nSPS) is 10.4. The largest absolute Gasteiger partial charge is 0.493 e. The maximum atomic E-state index is 6.19. The van der Waals surface area contributed by atoms with Gasteiger partial charge < -0.3 is 19.5 Å². The monoisotopic (exact) mass is 400 g/mol. The van der Waals surface area contributed by atoms with Crippen LogP contribution < -0.4 is 19.5 Å². The number of benzene rings is 2. The Bertz CT molecular complexity index is 927. The van der Waals surface area contributed by atoms with E-state index in [9.17, 15) is 0 Å². The predicted molar refractivity (Wildman–Crippen MR) is 109 cm³/mol. The summed E-state index contributed by atoms with van der Waals surface area (Å²) in [5.41, 5.74) is 2.47. The van der Waals surface area contributed by atoms with E-state index in [1.807, 2.05) is 36.4 Å². The Morgan fingerprint density at radius 1 is 1.00 bits per heavy atom. The Kier molecular flexibility index (Phi) is 6.49. The van der Waals surface area contributed by atoms with Gasteiger partial charge in [-0.05, 0) is 30.2 Å². The van der Waals surface area contributed by atoms with Gasteiger partial charge in [-0.2, -0.15) is 5.10 Å². The first-order valence-electron chi connectivity index (χ1n) is 8.63. The van der Waals surface area contributed by atoms with E-state index in [1.54, 1.807) is 27.5 Å². The first kappa shape index (κ1) is 19.7. The lowest BCUT2D eigenvalue weighted by molar-refractivity contribution is 0.324. The van der Waals surface area contributed by atoms with Crippen LogP contribution in [0, 0.1) is 0 Å². The Balaban J connectivity index is 1.78. The molecular weight excluding hydrogens is 380 g/mol. The van der Waals surface area contributed by atoms with Gasteiger partial charge in [0.05, 0.1) is 33.2 Å². The predicted octanol–water partition coefficient (Wildman–Crippen LogP) is 3.87. The van der Waals surface area contributed by atoms with E-state index in [2.05, 4.69) is 20.5 Å². The summed E-state index contributed by atoms with van der Waals surface area (Å²) < 4.78 is 16.2. The van der Waals surface area contributed by atoms with Crippen LogP contribution in [0.1, 0.15) is 5.56 Å². The van der Waals surface area contributed by atoms with Crippen molar-refractivity contribution < 1.29 is 14.2 Å². The van der Waals surface area contributed by atoms with E-state index < -0.39 is 0 Å². The number of aromatic nitrogens is 3. The molecule has 0 aliphatic carbocycles. The highest BCUT2D eigenvalue weighted by Crippen LogP contribution is 2.40. The van der Waals surface area contributed by atoms with Crippen molar-refractivity contribution in [2.24, 2.45) is 0 Å². The summed E-state index contributed by atoms with van der Waals surface area (Å²) in [4.78, 5) is 4.53. The summed E-state index contributed by atoms with van der Waals surface area (Å²) in [7, 11) is 4.70. The van der Waals surface area contributed by atoms with E-state index in [-0.39, 0.29) is 0 Å². The molecule has 0 spiro atoms. The van der Waals surface area contributed by atoms with Crippen LogP contribution in [0.4, 0.5) is 5.95 Å². The number of nitrogens with zero attached hydrogens (tertiary/aromatic N) is 3. The van der Waals surface area contributed by atoms with Gasteiger partial charge in [0.15, 0.2) is 11.5 Å². The third-order valence-electron chi connectivity index (χ3n) is 4.15. The number of ether oxygens (including phenoxy) is 3. The smallest absolute Gasteiger partial charge is 0.243 e. The maximum absolute atomic E-state index is 6.19. The minimum atomic E-state index is 0.429. The molecule has 8 heteroatoms. The third kappa shape index (κ3) is 4.43. The van der Waals surface area contributed by atoms with E-state index >= 15 is 0 Å². The topological polar surface area (TPSA) is 78.4 Å². The molecule has 1 N–H and O–H groups in total. The highest BCUT2D eigenvalue weighted by atomic mass is 35.5. The number of rotatable bonds is 8. The quantitative estimate of drug-likeness (QED) is 0.614. The fraction of sp³-hybridized carbons (Fsp3) is 0.250. The standard InChI is InChI=1S/C20H21ClN4O3/c1-26-17-10-14(11-18(27-2)19(17)28-3)16-12-23-25-20(24-16)22-9-8-13-6-4-5-7-15(13)21/h4-7,10-12H,8-9H2,1-3H3,(H,22,24,25). The van der Waals surface area contributed by atoms with Gasteiger partial charge in [-0.3, -0.25) is 0 Å². The van der Waals surface area contributed by atoms with Crippen LogP contribution in [0.25, 0.3) is 11.3 Å². The minimum absolute atomic E-state index is 0.429. The lowest BCUT2D eigenvalue weighted by Gasteiger charge is -2.14. The summed E-state index contributed by atoms with van der Waals surface area (Å²) in [5.74, 6) is 2.04. The fourth-order valence-corrected chi connectivity index (χ4v) is 2.99. The van der Waals surface area contributed by atoms with Gasteiger partial charge in [0.1, 0.15) is 0 Å². The zero-order valence-corrected chi connectivity index (χ0v) is 16.7. The Labute approximate surface area is 168 Å². The summed E-state index contributed by atoms with van der Waals surface area (Å²) in [6, 6.07) is 11.4. The molecule has 0 aliphatic rings. The molecular formula is C20H21ClN4O3. The number of anilines is 1. The second kappa shape index (κ2) is 9.23. The maximum Gasteiger partial charge on any atom is 0.243 e. The Hall–Kier alpha value is -3.06. The van der Waals surface area contributed by atoms with Crippen LogP contribution in [0.3, 0.4) is 0 Å². The van der Waals surface area contributed by atoms with Gasteiger partial charge in [0, 0.05) is 17.1 Å². The van der Waals surface area contributed by atoms with Crippen molar-refractivity contribution in [2.75, 3.05) is 33.2 Å². The Morgan fingerprint density at radius 2 is 1.71 bits per heavy atom. The first-order valence-corrected chi connectivity index (χ1v) is 9.01. The van der Waals surface area contributed by atoms with Gasteiger partial charge >= 0.3 is 0 Å². The van der Waals surface area contributed by atoms with Gasteiger partial charge in [0.25, 0.3) is 0 Å². The number of halogens is 1. The van der Waals surface area contributed by atoms with Crippen LogP contribution in [0.2, 0.25) is 5.02 Å². The van der Waals surface area contributed by atoms with Crippen LogP contribution in [0.5, 0.6) is 17.2 Å². The van der Waals surface area contributed by atoms with Crippen molar-refractivity contribution in [3.63, 3.8) is 0 Å². The molecule has 0 radical (unpaired) electrons. The zero-order chi connectivity index (χ0) is 19.9. The summed E-state index contributed by atoms with van der Waals surface area (Å²) in [5, 5.41) is 12.0. The molecule has 28 heavy (non-hydrogen) atoms. The highest BCUT2D eigenvalue weighted by Gasteiger charge is 2.15. The second-order valence-corrected chi connectivity index (χ2v) is 6.25. The minimum Gasteiger partial charge on any atom is -0.493 e. The van der Waals surface area contributed by atoms with Gasteiger partial charge in [-0.15, -0.1) is 5.10 Å². The molecule has 7 nitrogen and oxygen atoms in total. The van der Waals surface area contributed by atoms with Crippen LogP contribution in [-0.4, -0.2) is 43.1 Å². The van der Waals surface area contributed by atoms with Crippen molar-refractivity contribution in [3.8, 4) is 28.5 Å². The Morgan fingerprint density at radius 3 is 2.36 bits per heavy atom. The SMILES string of the molecule is COc1cc(-c2cnnc(NCCc3ccccc3Cl)n2)cc(OC)c1OC. The summed E-state index contributed by atoms with van der Waals surface area (Å²) >= 11 is 6.19. The molecule has 2 aromatic carbocycles. The second-order valence-electron chi connectivity index (χ2n) is 5.85. The molecule has 0 fully saturated rings. The first-order chi connectivity index (χ1) is 13.7. The molecule has 0 saturated heterocycles. The number of hydrogen-bond acceptors (Lipinski definition) is 7. The lowest BCUT2D eigenvalue weighted by Crippen LogP contribution is -2.09. The number of hydrogen-bond donors (Lipinski definition) is 1. The fourth-order valence-electron chi connectivity index (χ4n) is 2.76. The molecule has 3 rings (SSSR count). The molecule has 0 atom stereocenters. The molecule has 1 heterocycles. The van der Waals surface area contributed by atoms with Crippen molar-refractivity contribution in [3.05, 3.63) is 53.2 Å². The van der Waals surface area contributed by atoms with E-state index in [0.29, 0.717) is 35.4 Å². The molecule has 3 aromatic rings. The molecule has 0 bridgehead atoms. The average Bonchev–Trinajstić information content (AvgIpc) is 2.74. The van der Waals surface area contributed by atoms with E-state index in [1.165, 1.54) is 0 Å². The van der Waals surface area contributed by atoms with E-state index in [4.69, 9.17) is 25.8 Å². The zero-order valence-electron chi connectivity index (χ0n) is 15.9. The molecule has 0 aliphatic heterocycles. The summed E-state index contributed by atoms with van der Waals surface area (Å²) in [6.45, 7) is 0.629. The van der Waals surface area contributed by atoms with Crippen LogP contribution in [-0.2, 0) is 6.42 Å². The van der Waals surface area contributed by atoms with Crippen molar-refractivity contribution in [1.82, 2.24) is 15.2 Å². The van der Waals surface area contributed by atoms with Crippen LogP contribution in [0.15, 0.2) is 42.6 Å². The molecule has 0 amide bonds. The van der Waals surface area contributed by atoms with Crippen molar-refractivity contribution in [2.45, 2.75) is 6.42 Å². The number of methoxy groups -OCH3 is 3. The van der Waals surface area contributed by atoms with Crippen molar-refractivity contribution in [1.29, 1.82) is 0 Å². The number of nitrogens with one attached hydrogen (secondary N) is 1. The lowest BCUT2D eigenvalue weighted by atomic mass is 10.1. The summed E-state index contributed by atoms with van der Waals surface area (Å²) in [6.07, 6.45) is 2.33. The van der Waals surface area contributed by atoms with Gasteiger partial charge in [0.2, 0.25) is 11.7 Å². The van der Waals surface area contributed by atoms with Gasteiger partial charge in [-0.1, -0.05) is 29.8 Å². The third-order valence-corrected chi connectivity index (χ3v) is 4.52. The van der Waals surface area contributed by atoms with Crippen molar-refractivity contribution >= 4 is 17.5 Å². The molecule has 0 saturated carbocycles.